The van der Waals surface area contributed by atoms with Crippen LogP contribution in [-0.4, -0.2) is 43.5 Å². The van der Waals surface area contributed by atoms with Gasteiger partial charge in [0.1, 0.15) is 11.2 Å². The number of halogens is 1. The number of alkyl halides is 1. The van der Waals surface area contributed by atoms with E-state index in [1.165, 1.54) is 4.90 Å². The van der Waals surface area contributed by atoms with Crippen molar-refractivity contribution in [1.82, 2.24) is 9.96 Å². The first kappa shape index (κ1) is 16.6. The molecule has 0 aromatic heterocycles. The maximum absolute atomic E-state index is 12.3. The lowest BCUT2D eigenvalue weighted by Gasteiger charge is -2.34. The van der Waals surface area contributed by atoms with Crippen LogP contribution in [0.2, 0.25) is 0 Å². The van der Waals surface area contributed by atoms with Gasteiger partial charge in [0.15, 0.2) is 0 Å². The molecule has 2 amide bonds. The predicted molar refractivity (Wildman–Crippen MR) is 75.9 cm³/mol. The zero-order valence-electron chi connectivity index (χ0n) is 12.1. The number of nitrogens with zero attached hydrogens (tertiary/aromatic N) is 2. The number of amides is 2. The fraction of sp³-hybridized carbons (Fsp3) is 0.846. The van der Waals surface area contributed by atoms with Crippen molar-refractivity contribution >= 4 is 27.7 Å². The summed E-state index contributed by atoms with van der Waals surface area (Å²) in [5, 5.41) is 12.0. The molecule has 0 bridgehead atoms. The van der Waals surface area contributed by atoms with E-state index in [1.54, 1.807) is 27.7 Å². The van der Waals surface area contributed by atoms with Crippen molar-refractivity contribution < 1.29 is 14.8 Å². The van der Waals surface area contributed by atoms with Crippen LogP contribution < -0.4 is 0 Å². The standard InChI is InChI=1S/C13H23BrN2O3/c1-12(2)11(18)15(13(3,4)16(12)19)10(17)8-6-5-7-9-14/h19H,5-9H2,1-4H3. The zero-order valence-corrected chi connectivity index (χ0v) is 13.7. The van der Waals surface area contributed by atoms with E-state index in [0.717, 1.165) is 29.7 Å². The van der Waals surface area contributed by atoms with Crippen molar-refractivity contribution in [2.24, 2.45) is 0 Å². The summed E-state index contributed by atoms with van der Waals surface area (Å²) >= 11 is 3.34. The van der Waals surface area contributed by atoms with Gasteiger partial charge in [-0.3, -0.25) is 14.5 Å². The highest BCUT2D eigenvalue weighted by Gasteiger charge is 2.58. The largest absolute Gasteiger partial charge is 0.311 e. The molecular formula is C13H23BrN2O3. The normalized spacial score (nSPS) is 22.0. The van der Waals surface area contributed by atoms with E-state index >= 15 is 0 Å². The van der Waals surface area contributed by atoms with Crippen LogP contribution in [-0.2, 0) is 9.59 Å². The van der Waals surface area contributed by atoms with Crippen molar-refractivity contribution in [2.75, 3.05) is 5.33 Å². The minimum atomic E-state index is -1.06. The molecule has 0 aliphatic carbocycles. The average Bonchev–Trinajstić information content (AvgIpc) is 2.44. The van der Waals surface area contributed by atoms with Crippen LogP contribution in [0.4, 0.5) is 0 Å². The average molecular weight is 335 g/mol. The van der Waals surface area contributed by atoms with Gasteiger partial charge in [-0.15, -0.1) is 0 Å². The second kappa shape index (κ2) is 5.89. The Balaban J connectivity index is 2.76. The van der Waals surface area contributed by atoms with Gasteiger partial charge >= 0.3 is 0 Å². The van der Waals surface area contributed by atoms with Gasteiger partial charge < -0.3 is 5.21 Å². The molecule has 1 N–H and O–H groups in total. The lowest BCUT2D eigenvalue weighted by atomic mass is 10.1. The Morgan fingerprint density at radius 1 is 1.21 bits per heavy atom. The summed E-state index contributed by atoms with van der Waals surface area (Å²) in [6.45, 7) is 6.59. The molecule has 1 aliphatic rings. The number of carbonyl (C=O) groups excluding carboxylic acids is 2. The van der Waals surface area contributed by atoms with Crippen LogP contribution in [0.15, 0.2) is 0 Å². The fourth-order valence-electron chi connectivity index (χ4n) is 2.47. The lowest BCUT2D eigenvalue weighted by molar-refractivity contribution is -0.210. The van der Waals surface area contributed by atoms with E-state index < -0.39 is 11.2 Å². The molecule has 19 heavy (non-hydrogen) atoms. The van der Waals surface area contributed by atoms with Crippen molar-refractivity contribution in [3.63, 3.8) is 0 Å². The quantitative estimate of drug-likeness (QED) is 0.619. The summed E-state index contributed by atoms with van der Waals surface area (Å²) in [6, 6.07) is 0. The van der Waals surface area contributed by atoms with Crippen LogP contribution in [0, 0.1) is 0 Å². The first-order valence-corrected chi connectivity index (χ1v) is 7.72. The van der Waals surface area contributed by atoms with Gasteiger partial charge in [-0.05, 0) is 40.5 Å². The van der Waals surface area contributed by atoms with Gasteiger partial charge in [0.2, 0.25) is 5.91 Å². The van der Waals surface area contributed by atoms with E-state index in [2.05, 4.69) is 15.9 Å². The van der Waals surface area contributed by atoms with Crippen molar-refractivity contribution in [3.05, 3.63) is 0 Å². The highest BCUT2D eigenvalue weighted by molar-refractivity contribution is 9.09. The molecule has 0 atom stereocenters. The molecule has 5 nitrogen and oxygen atoms in total. The van der Waals surface area contributed by atoms with Crippen molar-refractivity contribution in [2.45, 2.75) is 64.6 Å². The van der Waals surface area contributed by atoms with Crippen molar-refractivity contribution in [1.29, 1.82) is 0 Å². The Labute approximate surface area is 123 Å². The van der Waals surface area contributed by atoms with Gasteiger partial charge in [0.25, 0.3) is 5.91 Å². The third-order valence-corrected chi connectivity index (χ3v) is 4.16. The highest BCUT2D eigenvalue weighted by atomic mass is 79.9. The molecule has 1 aliphatic heterocycles. The Bertz CT molecular complexity index is 369. The minimum absolute atomic E-state index is 0.214. The van der Waals surface area contributed by atoms with E-state index in [-0.39, 0.29) is 11.8 Å². The SMILES string of the molecule is CC1(C)C(=O)N(C(=O)CCCCCBr)C(C)(C)N1O. The fourth-order valence-corrected chi connectivity index (χ4v) is 2.87. The molecule has 110 valence electrons. The van der Waals surface area contributed by atoms with Crippen molar-refractivity contribution in [3.8, 4) is 0 Å². The van der Waals surface area contributed by atoms with E-state index in [1.807, 2.05) is 0 Å². The first-order valence-electron chi connectivity index (χ1n) is 6.60. The number of unbranched alkanes of at least 4 members (excludes halogenated alkanes) is 2. The van der Waals surface area contributed by atoms with Gasteiger partial charge in [0, 0.05) is 11.8 Å². The number of hydroxylamine groups is 2. The molecule has 0 spiro atoms. The number of carbonyl (C=O) groups is 2. The second-order valence-corrected chi connectivity index (χ2v) is 6.69. The summed E-state index contributed by atoms with van der Waals surface area (Å²) in [5.41, 5.74) is -2.05. The number of hydrogen-bond donors (Lipinski definition) is 1. The second-order valence-electron chi connectivity index (χ2n) is 5.90. The topological polar surface area (TPSA) is 60.9 Å². The summed E-state index contributed by atoms with van der Waals surface area (Å²) in [7, 11) is 0. The molecule has 6 heteroatoms. The zero-order chi connectivity index (χ0) is 14.8. The molecule has 1 fully saturated rings. The predicted octanol–water partition coefficient (Wildman–Crippen LogP) is 2.52. The Kier molecular flexibility index (Phi) is 5.15. The molecule has 0 unspecified atom stereocenters. The third-order valence-electron chi connectivity index (χ3n) is 3.60. The molecule has 1 rings (SSSR count). The first-order chi connectivity index (χ1) is 8.67. The number of rotatable bonds is 5. The highest BCUT2D eigenvalue weighted by Crippen LogP contribution is 2.37. The van der Waals surface area contributed by atoms with Gasteiger partial charge in [0.05, 0.1) is 0 Å². The summed E-state index contributed by atoms with van der Waals surface area (Å²) in [5.74, 6) is -0.556. The number of imide groups is 1. The van der Waals surface area contributed by atoms with Crippen LogP contribution in [0.5, 0.6) is 0 Å². The third kappa shape index (κ3) is 3.01. The van der Waals surface area contributed by atoms with E-state index in [4.69, 9.17) is 0 Å². The van der Waals surface area contributed by atoms with Crippen LogP contribution in [0.1, 0.15) is 53.4 Å². The molecule has 0 aromatic rings. The van der Waals surface area contributed by atoms with Crippen LogP contribution in [0.25, 0.3) is 0 Å². The number of hydrogen-bond acceptors (Lipinski definition) is 4. The maximum atomic E-state index is 12.3. The molecule has 1 saturated heterocycles. The summed E-state index contributed by atoms with van der Waals surface area (Å²) in [6.07, 6.45) is 3.07. The monoisotopic (exact) mass is 334 g/mol. The summed E-state index contributed by atoms with van der Waals surface area (Å²) in [4.78, 5) is 25.7. The molecule has 0 aromatic carbocycles. The Hall–Kier alpha value is -0.460. The van der Waals surface area contributed by atoms with Crippen LogP contribution >= 0.6 is 15.9 Å². The smallest absolute Gasteiger partial charge is 0.253 e. The summed E-state index contributed by atoms with van der Waals surface area (Å²) < 4.78 is 0. The van der Waals surface area contributed by atoms with Gasteiger partial charge in [-0.25, -0.2) is 0 Å². The molecule has 0 saturated carbocycles. The van der Waals surface area contributed by atoms with Gasteiger partial charge in [-0.1, -0.05) is 22.4 Å². The molecule has 1 heterocycles. The lowest BCUT2D eigenvalue weighted by Crippen LogP contribution is -2.51. The van der Waals surface area contributed by atoms with E-state index in [9.17, 15) is 14.8 Å². The van der Waals surface area contributed by atoms with Crippen LogP contribution in [0.3, 0.4) is 0 Å². The molecule has 0 radical (unpaired) electrons. The maximum Gasteiger partial charge on any atom is 0.253 e. The van der Waals surface area contributed by atoms with Gasteiger partial charge in [-0.2, -0.15) is 5.06 Å². The Morgan fingerprint density at radius 3 is 2.21 bits per heavy atom. The Morgan fingerprint density at radius 2 is 1.79 bits per heavy atom. The minimum Gasteiger partial charge on any atom is -0.311 e. The van der Waals surface area contributed by atoms with E-state index in [0.29, 0.717) is 6.42 Å². The molecular weight excluding hydrogens is 312 g/mol.